The molecule has 1 aromatic heterocycles. The summed E-state index contributed by atoms with van der Waals surface area (Å²) >= 11 is 0. The molecule has 4 aromatic rings. The molecule has 35 heavy (non-hydrogen) atoms. The number of fused-ring (bicyclic) bond motifs is 2. The smallest absolute Gasteiger partial charge is 0.303 e. The Kier molecular flexibility index (Phi) is 8.16. The molecular formula is C29H33N3O3. The summed E-state index contributed by atoms with van der Waals surface area (Å²) in [6.07, 6.45) is 1.49. The quantitative estimate of drug-likeness (QED) is 0.177. The van der Waals surface area contributed by atoms with Crippen molar-refractivity contribution in [1.29, 1.82) is 0 Å². The predicted octanol–water partition coefficient (Wildman–Crippen LogP) is 5.29. The maximum Gasteiger partial charge on any atom is 0.303 e. The summed E-state index contributed by atoms with van der Waals surface area (Å²) in [7, 11) is 0. The van der Waals surface area contributed by atoms with Gasteiger partial charge < -0.3 is 19.8 Å². The highest BCUT2D eigenvalue weighted by Gasteiger charge is 2.13. The van der Waals surface area contributed by atoms with Crippen LogP contribution in [-0.4, -0.2) is 28.8 Å². The van der Waals surface area contributed by atoms with Crippen LogP contribution >= 0.6 is 0 Å². The number of hydrogen-bond donors (Lipinski definition) is 2. The second kappa shape index (κ2) is 11.7. The number of carboxylic acids is 1. The van der Waals surface area contributed by atoms with Gasteiger partial charge in [0.25, 0.3) is 0 Å². The van der Waals surface area contributed by atoms with Gasteiger partial charge >= 0.3 is 5.97 Å². The Bertz CT molecular complexity index is 1380. The molecule has 182 valence electrons. The van der Waals surface area contributed by atoms with Crippen LogP contribution < -0.4 is 10.7 Å². The van der Waals surface area contributed by atoms with Crippen LogP contribution in [0.3, 0.4) is 0 Å². The van der Waals surface area contributed by atoms with E-state index in [2.05, 4.69) is 83.5 Å². The van der Waals surface area contributed by atoms with E-state index in [4.69, 9.17) is 9.94 Å². The summed E-state index contributed by atoms with van der Waals surface area (Å²) in [5.41, 5.74) is 6.03. The van der Waals surface area contributed by atoms with Crippen LogP contribution in [0.4, 0.5) is 0 Å². The molecule has 0 aliphatic rings. The lowest BCUT2D eigenvalue weighted by atomic mass is 10.0. The van der Waals surface area contributed by atoms with Crippen molar-refractivity contribution >= 4 is 27.8 Å². The van der Waals surface area contributed by atoms with Crippen molar-refractivity contribution in [1.82, 2.24) is 9.88 Å². The van der Waals surface area contributed by atoms with Crippen LogP contribution in [0.5, 0.6) is 0 Å². The van der Waals surface area contributed by atoms with Crippen LogP contribution in [0, 0.1) is 13.8 Å². The summed E-state index contributed by atoms with van der Waals surface area (Å²) in [5.74, 6) is -0.824. The van der Waals surface area contributed by atoms with Crippen molar-refractivity contribution in [3.8, 4) is 0 Å². The van der Waals surface area contributed by atoms with Crippen molar-refractivity contribution in [3.63, 3.8) is 0 Å². The fraction of sp³-hybridized carbons (Fsp3) is 0.310. The number of hydrogen-bond acceptors (Lipinski definition) is 4. The Morgan fingerprint density at radius 2 is 1.74 bits per heavy atom. The number of nitrogens with zero attached hydrogens (tertiary/aromatic N) is 2. The highest BCUT2D eigenvalue weighted by molar-refractivity contribution is 5.95. The number of para-hydroxylation sites is 1. The van der Waals surface area contributed by atoms with E-state index >= 15 is 0 Å². The number of carboxylic acid groups (broad SMARTS) is 1. The molecule has 0 fully saturated rings. The summed E-state index contributed by atoms with van der Waals surface area (Å²) in [5, 5.41) is 19.8. The van der Waals surface area contributed by atoms with Gasteiger partial charge in [0.05, 0.1) is 11.0 Å². The van der Waals surface area contributed by atoms with Crippen molar-refractivity contribution < 1.29 is 14.7 Å². The first-order valence-electron chi connectivity index (χ1n) is 12.2. The van der Waals surface area contributed by atoms with E-state index in [0.29, 0.717) is 6.42 Å². The molecular weight excluding hydrogens is 438 g/mol. The minimum atomic E-state index is -0.824. The molecule has 0 aliphatic carbocycles. The van der Waals surface area contributed by atoms with Crippen LogP contribution in [0.1, 0.15) is 36.0 Å². The van der Waals surface area contributed by atoms with Crippen LogP contribution in [0.2, 0.25) is 0 Å². The summed E-state index contributed by atoms with van der Waals surface area (Å²) < 4.78 is 2.40. The zero-order valence-corrected chi connectivity index (χ0v) is 20.5. The number of pyridine rings is 1. The predicted molar refractivity (Wildman–Crippen MR) is 140 cm³/mol. The van der Waals surface area contributed by atoms with Gasteiger partial charge in [-0.25, -0.2) is 0 Å². The number of aryl methyl sites for hydroxylation is 3. The molecule has 0 radical (unpaired) electrons. The summed E-state index contributed by atoms with van der Waals surface area (Å²) in [6, 6.07) is 23.0. The van der Waals surface area contributed by atoms with E-state index < -0.39 is 5.97 Å². The van der Waals surface area contributed by atoms with Gasteiger partial charge in [0, 0.05) is 30.3 Å². The van der Waals surface area contributed by atoms with Crippen LogP contribution in [-0.2, 0) is 22.7 Å². The lowest BCUT2D eigenvalue weighted by Gasteiger charge is -2.19. The van der Waals surface area contributed by atoms with Crippen molar-refractivity contribution in [2.75, 3.05) is 13.2 Å². The molecule has 6 nitrogen and oxygen atoms in total. The van der Waals surface area contributed by atoms with Gasteiger partial charge in [-0.15, -0.1) is 0 Å². The van der Waals surface area contributed by atoms with E-state index in [1.807, 2.05) is 12.1 Å². The average molecular weight is 472 g/mol. The van der Waals surface area contributed by atoms with Gasteiger partial charge in [0.15, 0.2) is 0 Å². The molecule has 6 heteroatoms. The summed E-state index contributed by atoms with van der Waals surface area (Å²) in [6.45, 7) is 7.23. The van der Waals surface area contributed by atoms with E-state index in [1.165, 1.54) is 22.2 Å². The molecule has 3 aromatic carbocycles. The Morgan fingerprint density at radius 1 is 0.971 bits per heavy atom. The molecule has 0 bridgehead atoms. The second-order valence-corrected chi connectivity index (χ2v) is 8.86. The van der Waals surface area contributed by atoms with Gasteiger partial charge in [0.1, 0.15) is 12.0 Å². The number of benzene rings is 3. The van der Waals surface area contributed by atoms with E-state index in [1.54, 1.807) is 0 Å². The molecule has 2 N–H and O–H groups in total. The Labute approximate surface area is 205 Å². The number of aromatic nitrogens is 1. The molecule has 0 amide bonds. The van der Waals surface area contributed by atoms with Gasteiger partial charge in [-0.1, -0.05) is 65.8 Å². The molecule has 0 saturated carbocycles. The molecule has 0 unspecified atom stereocenters. The lowest BCUT2D eigenvalue weighted by molar-refractivity contribution is -0.137. The first-order valence-corrected chi connectivity index (χ1v) is 12.2. The topological polar surface area (TPSA) is 75.8 Å². The highest BCUT2D eigenvalue weighted by Crippen LogP contribution is 2.25. The standard InChI is InChI=1S/C29H33N3O3/c1-21-15-16-25-28(31-35-19-8-14-27(33)34)24-12-6-7-13-26(24)32(29(25)22(21)2)18-9-17-30-20-23-10-4-3-5-11-23/h3-7,10-13,15-16,30H,8-9,14,17-20H2,1-2H3,(H,33,34)/b31-28+. The van der Waals surface area contributed by atoms with Crippen LogP contribution in [0.25, 0.3) is 21.8 Å². The normalized spacial score (nSPS) is 11.9. The molecule has 4 rings (SSSR count). The monoisotopic (exact) mass is 471 g/mol. The largest absolute Gasteiger partial charge is 0.481 e. The third kappa shape index (κ3) is 5.89. The highest BCUT2D eigenvalue weighted by atomic mass is 16.6. The molecule has 0 atom stereocenters. The van der Waals surface area contributed by atoms with Crippen molar-refractivity contribution in [3.05, 3.63) is 88.8 Å². The zero-order valence-electron chi connectivity index (χ0n) is 20.5. The molecule has 0 saturated heterocycles. The minimum absolute atomic E-state index is 0.0718. The molecule has 0 aliphatic heterocycles. The number of rotatable bonds is 11. The Morgan fingerprint density at radius 3 is 2.54 bits per heavy atom. The minimum Gasteiger partial charge on any atom is -0.481 e. The number of carbonyl (C=O) groups is 1. The van der Waals surface area contributed by atoms with E-state index in [-0.39, 0.29) is 13.0 Å². The Hall–Kier alpha value is -3.64. The Balaban J connectivity index is 1.65. The van der Waals surface area contributed by atoms with E-state index in [9.17, 15) is 4.79 Å². The second-order valence-electron chi connectivity index (χ2n) is 8.86. The third-order valence-corrected chi connectivity index (χ3v) is 6.37. The van der Waals surface area contributed by atoms with Gasteiger partial charge in [0.2, 0.25) is 0 Å². The molecule has 0 spiro atoms. The van der Waals surface area contributed by atoms with Gasteiger partial charge in [-0.3, -0.25) is 4.79 Å². The fourth-order valence-electron chi connectivity index (χ4n) is 4.43. The SMILES string of the molecule is Cc1ccc2/c(=N/OCCCC(=O)O)c3ccccc3n(CCCNCc3ccccc3)c2c1C. The average Bonchev–Trinajstić information content (AvgIpc) is 2.87. The van der Waals surface area contributed by atoms with E-state index in [0.717, 1.165) is 47.7 Å². The number of aliphatic carboxylic acids is 1. The molecule has 1 heterocycles. The first kappa shape index (κ1) is 24.5. The number of nitrogens with one attached hydrogen (secondary N) is 1. The first-order chi connectivity index (χ1) is 17.1. The van der Waals surface area contributed by atoms with Crippen LogP contribution in [0.15, 0.2) is 71.9 Å². The lowest BCUT2D eigenvalue weighted by Crippen LogP contribution is -2.19. The van der Waals surface area contributed by atoms with Gasteiger partial charge in [-0.05, 0) is 56.0 Å². The fourth-order valence-corrected chi connectivity index (χ4v) is 4.43. The maximum absolute atomic E-state index is 10.8. The zero-order chi connectivity index (χ0) is 24.6. The van der Waals surface area contributed by atoms with Gasteiger partial charge in [-0.2, -0.15) is 0 Å². The maximum atomic E-state index is 10.8. The van der Waals surface area contributed by atoms with Crippen molar-refractivity contribution in [2.24, 2.45) is 5.16 Å². The van der Waals surface area contributed by atoms with Crippen molar-refractivity contribution in [2.45, 2.75) is 46.2 Å². The summed E-state index contributed by atoms with van der Waals surface area (Å²) in [4.78, 5) is 16.4. The third-order valence-electron chi connectivity index (χ3n) is 6.37.